The van der Waals surface area contributed by atoms with Gasteiger partial charge >= 0.3 is 12.1 Å². The molecule has 1 amide bonds. The first-order valence-electron chi connectivity index (χ1n) is 11.3. The molecular weight excluding hydrogens is 477 g/mol. The van der Waals surface area contributed by atoms with Gasteiger partial charge in [-0.1, -0.05) is 12.1 Å². The van der Waals surface area contributed by atoms with E-state index in [0.29, 0.717) is 47.0 Å². The molecule has 1 saturated carbocycles. The van der Waals surface area contributed by atoms with E-state index in [-0.39, 0.29) is 17.8 Å². The van der Waals surface area contributed by atoms with E-state index in [4.69, 9.17) is 5.73 Å². The van der Waals surface area contributed by atoms with Crippen molar-refractivity contribution in [3.05, 3.63) is 54.5 Å². The number of aliphatic hydroxyl groups is 2. The van der Waals surface area contributed by atoms with Crippen LogP contribution in [0.1, 0.15) is 24.4 Å². The number of amides is 1. The fourth-order valence-electron chi connectivity index (χ4n) is 4.85. The average molecular weight is 500 g/mol. The summed E-state index contributed by atoms with van der Waals surface area (Å²) in [7, 11) is 0. The number of nitrogens with one attached hydrogen (secondary N) is 1. The third-order valence-electron chi connectivity index (χ3n) is 6.73. The van der Waals surface area contributed by atoms with Gasteiger partial charge < -0.3 is 25.8 Å². The summed E-state index contributed by atoms with van der Waals surface area (Å²) in [4.78, 5) is 23.6. The molecule has 0 radical (unpaired) electrons. The maximum Gasteiger partial charge on any atom is 0.471 e. The largest absolute Gasteiger partial charge is 0.471 e. The number of carbonyl (C=O) groups is 1. The van der Waals surface area contributed by atoms with Crippen molar-refractivity contribution in [2.45, 2.75) is 43.7 Å². The van der Waals surface area contributed by atoms with Crippen LogP contribution in [0.2, 0.25) is 0 Å². The Bertz CT molecular complexity index is 1440. The molecule has 12 heteroatoms. The Labute approximate surface area is 202 Å². The highest BCUT2D eigenvalue weighted by Gasteiger charge is 2.42. The maximum absolute atomic E-state index is 12.5. The number of anilines is 2. The van der Waals surface area contributed by atoms with Gasteiger partial charge in [0.15, 0.2) is 0 Å². The minimum atomic E-state index is -5.00. The maximum atomic E-state index is 12.5. The number of aryl methyl sites for hydroxylation is 1. The van der Waals surface area contributed by atoms with Gasteiger partial charge in [-0.05, 0) is 55.0 Å². The minimum Gasteiger partial charge on any atom is -0.390 e. The van der Waals surface area contributed by atoms with E-state index in [2.05, 4.69) is 15.0 Å². The third kappa shape index (κ3) is 4.44. The molecule has 5 N–H and O–H groups in total. The monoisotopic (exact) mass is 500 g/mol. The first-order valence-corrected chi connectivity index (χ1v) is 11.3. The second kappa shape index (κ2) is 9.03. The number of aliphatic hydroxyl groups excluding tert-OH is 2. The number of carbonyl (C=O) groups excluding carboxylic acids is 1. The fraction of sp³-hybridized carbons (Fsp3) is 0.333. The number of aromatic nitrogens is 4. The van der Waals surface area contributed by atoms with Crippen LogP contribution in [0.3, 0.4) is 0 Å². The molecule has 0 bridgehead atoms. The molecule has 0 aliphatic heterocycles. The zero-order valence-corrected chi connectivity index (χ0v) is 18.9. The summed E-state index contributed by atoms with van der Waals surface area (Å²) in [5, 5.41) is 24.6. The van der Waals surface area contributed by atoms with Crippen molar-refractivity contribution < 1.29 is 28.2 Å². The Kier molecular flexibility index (Phi) is 6.00. The predicted octanol–water partition coefficient (Wildman–Crippen LogP) is 2.98. The van der Waals surface area contributed by atoms with E-state index < -0.39 is 24.3 Å². The molecule has 188 valence electrons. The van der Waals surface area contributed by atoms with Crippen LogP contribution >= 0.6 is 0 Å². The predicted molar refractivity (Wildman–Crippen MR) is 126 cm³/mol. The molecular formula is C24H23F3N6O3. The van der Waals surface area contributed by atoms with Crippen molar-refractivity contribution in [3.8, 4) is 0 Å². The molecule has 4 aromatic rings. The molecule has 1 fully saturated rings. The van der Waals surface area contributed by atoms with Crippen molar-refractivity contribution in [3.63, 3.8) is 0 Å². The van der Waals surface area contributed by atoms with E-state index in [9.17, 15) is 28.2 Å². The normalized spacial score (nSPS) is 22.4. The molecule has 1 aromatic carbocycles. The van der Waals surface area contributed by atoms with Crippen LogP contribution in [0.15, 0.2) is 48.9 Å². The molecule has 0 spiro atoms. The molecule has 36 heavy (non-hydrogen) atoms. The van der Waals surface area contributed by atoms with Crippen LogP contribution in [0, 0.1) is 5.92 Å². The molecule has 3 heterocycles. The summed E-state index contributed by atoms with van der Waals surface area (Å²) in [6.07, 6.45) is -2.14. The van der Waals surface area contributed by atoms with E-state index in [1.54, 1.807) is 35.8 Å². The standard InChI is InChI=1S/C24H23F3N6O3/c25-24(26,27)23(36)32-18-6-5-13-3-1-12(9-16(13)31-18)2-4-14-10-17(20(35)19(14)34)33-8-7-15-21(28)29-11-30-22(15)33/h1,3,5-9,11,14,17,19-20,34-35H,2,4,10H2,(H2,28,29,30)(H,31,32,36)/t14-,17+,19+,20-/m0/s1. The average Bonchev–Trinajstić information content (AvgIpc) is 3.39. The molecule has 1 aliphatic rings. The van der Waals surface area contributed by atoms with Gasteiger partial charge in [-0.3, -0.25) is 4.79 Å². The van der Waals surface area contributed by atoms with Crippen LogP contribution in [0.5, 0.6) is 0 Å². The van der Waals surface area contributed by atoms with Crippen molar-refractivity contribution in [2.75, 3.05) is 11.1 Å². The van der Waals surface area contributed by atoms with E-state index in [1.807, 2.05) is 10.6 Å². The number of pyridine rings is 1. The van der Waals surface area contributed by atoms with Gasteiger partial charge in [-0.15, -0.1) is 0 Å². The lowest BCUT2D eigenvalue weighted by molar-refractivity contribution is -0.167. The topological polar surface area (TPSA) is 139 Å². The highest BCUT2D eigenvalue weighted by molar-refractivity contribution is 5.95. The molecule has 5 rings (SSSR count). The van der Waals surface area contributed by atoms with Gasteiger partial charge in [-0.25, -0.2) is 15.0 Å². The summed E-state index contributed by atoms with van der Waals surface area (Å²) in [6.45, 7) is 0. The summed E-state index contributed by atoms with van der Waals surface area (Å²) in [5.41, 5.74) is 7.81. The number of benzene rings is 1. The summed E-state index contributed by atoms with van der Waals surface area (Å²) in [6, 6.07) is 9.72. The van der Waals surface area contributed by atoms with Gasteiger partial charge in [0, 0.05) is 11.6 Å². The molecule has 9 nitrogen and oxygen atoms in total. The Morgan fingerprint density at radius 3 is 2.69 bits per heavy atom. The van der Waals surface area contributed by atoms with Gasteiger partial charge in [0.05, 0.1) is 23.0 Å². The summed E-state index contributed by atoms with van der Waals surface area (Å²) >= 11 is 0. The number of fused-ring (bicyclic) bond motifs is 2. The lowest BCUT2D eigenvalue weighted by Crippen LogP contribution is -2.30. The van der Waals surface area contributed by atoms with Crippen LogP contribution in [-0.4, -0.2) is 54.0 Å². The Balaban J connectivity index is 1.30. The number of halogens is 3. The lowest BCUT2D eigenvalue weighted by Gasteiger charge is -2.19. The second-order valence-corrected chi connectivity index (χ2v) is 8.98. The zero-order chi connectivity index (χ0) is 25.6. The van der Waals surface area contributed by atoms with Crippen LogP contribution in [-0.2, 0) is 11.2 Å². The van der Waals surface area contributed by atoms with Crippen LogP contribution in [0.25, 0.3) is 21.9 Å². The SMILES string of the molecule is Nc1ncnc2c1ccn2[C@@H]1C[C@H](CCc2ccc3ccc(NC(=O)C(F)(F)F)nc3c2)[C@@H](O)[C@H]1O. The van der Waals surface area contributed by atoms with Crippen molar-refractivity contribution >= 4 is 39.5 Å². The molecule has 0 saturated heterocycles. The Hall–Kier alpha value is -3.77. The van der Waals surface area contributed by atoms with Gasteiger partial charge in [0.2, 0.25) is 0 Å². The highest BCUT2D eigenvalue weighted by Crippen LogP contribution is 2.39. The van der Waals surface area contributed by atoms with E-state index >= 15 is 0 Å². The first kappa shape index (κ1) is 23.9. The Morgan fingerprint density at radius 2 is 1.92 bits per heavy atom. The molecule has 0 unspecified atom stereocenters. The molecule has 4 atom stereocenters. The number of rotatable bonds is 5. The van der Waals surface area contributed by atoms with Gasteiger partial charge in [-0.2, -0.15) is 13.2 Å². The quantitative estimate of drug-likeness (QED) is 0.330. The lowest BCUT2D eigenvalue weighted by atomic mass is 9.95. The van der Waals surface area contributed by atoms with Gasteiger partial charge in [0.1, 0.15) is 29.7 Å². The van der Waals surface area contributed by atoms with Crippen LogP contribution in [0.4, 0.5) is 24.8 Å². The smallest absolute Gasteiger partial charge is 0.390 e. The van der Waals surface area contributed by atoms with Crippen LogP contribution < -0.4 is 11.1 Å². The third-order valence-corrected chi connectivity index (χ3v) is 6.73. The van der Waals surface area contributed by atoms with E-state index in [1.165, 1.54) is 12.4 Å². The summed E-state index contributed by atoms with van der Waals surface area (Å²) < 4.78 is 39.4. The minimum absolute atomic E-state index is 0.192. The number of alkyl halides is 3. The number of hydrogen-bond acceptors (Lipinski definition) is 7. The number of nitrogens with two attached hydrogens (primary N) is 1. The fourth-order valence-corrected chi connectivity index (χ4v) is 4.85. The Morgan fingerprint density at radius 1 is 1.14 bits per heavy atom. The zero-order valence-electron chi connectivity index (χ0n) is 18.9. The summed E-state index contributed by atoms with van der Waals surface area (Å²) in [5.74, 6) is -2.13. The van der Waals surface area contributed by atoms with Gasteiger partial charge in [0.25, 0.3) is 0 Å². The van der Waals surface area contributed by atoms with Crippen molar-refractivity contribution in [1.29, 1.82) is 0 Å². The molecule has 1 aliphatic carbocycles. The van der Waals surface area contributed by atoms with E-state index in [0.717, 1.165) is 5.56 Å². The van der Waals surface area contributed by atoms with Crippen molar-refractivity contribution in [2.24, 2.45) is 5.92 Å². The molecule has 3 aromatic heterocycles. The second-order valence-electron chi connectivity index (χ2n) is 8.98. The number of nitrogen functional groups attached to an aromatic ring is 1. The van der Waals surface area contributed by atoms with Crippen molar-refractivity contribution in [1.82, 2.24) is 19.5 Å². The number of hydrogen-bond donors (Lipinski definition) is 4. The highest BCUT2D eigenvalue weighted by atomic mass is 19.4. The number of nitrogens with zero attached hydrogens (tertiary/aromatic N) is 4. The first-order chi connectivity index (χ1) is 17.1.